The SMILES string of the molecule is C=C(c1c(C(=O)OCC)[nH]n(-c2c(Cl)cc(Cl)cc2Cl)c1=O)c1c(C)[nH]n2nc(C(C)CNC(=O)CC(C)C)nc12. The lowest BCUT2D eigenvalue weighted by Crippen LogP contribution is -2.28. The van der Waals surface area contributed by atoms with Crippen LogP contribution in [-0.2, 0) is 9.53 Å². The molecular weight excluding hydrogens is 593 g/mol. The number of aromatic amines is 2. The molecule has 41 heavy (non-hydrogen) atoms. The summed E-state index contributed by atoms with van der Waals surface area (Å²) in [7, 11) is 0. The smallest absolute Gasteiger partial charge is 0.357 e. The Hall–Kier alpha value is -3.54. The van der Waals surface area contributed by atoms with Crippen LogP contribution in [0.5, 0.6) is 0 Å². The molecule has 4 rings (SSSR count). The standard InChI is InChI=1S/C27H30Cl3N7O4/c1-7-41-27(40)22-21(26(39)36(34-22)23-17(29)9-16(28)10-18(23)30)14(5)20-15(6)33-37-25(20)32-24(35-37)13(4)11-31-19(38)8-12(2)3/h9-10,12-13,33-34H,5,7-8,11H2,1-4,6H3,(H,31,38). The number of rotatable bonds is 10. The van der Waals surface area contributed by atoms with Gasteiger partial charge in [0.25, 0.3) is 5.56 Å². The highest BCUT2D eigenvalue weighted by Crippen LogP contribution is 2.33. The molecule has 1 amide bonds. The number of halogens is 3. The molecule has 3 aromatic heterocycles. The summed E-state index contributed by atoms with van der Waals surface area (Å²) in [5.74, 6) is -0.285. The lowest BCUT2D eigenvalue weighted by molar-refractivity contribution is -0.121. The van der Waals surface area contributed by atoms with Crippen molar-refractivity contribution in [3.05, 3.63) is 72.5 Å². The van der Waals surface area contributed by atoms with Gasteiger partial charge in [-0.1, -0.05) is 62.2 Å². The summed E-state index contributed by atoms with van der Waals surface area (Å²) in [6, 6.07) is 2.86. The zero-order valence-corrected chi connectivity index (χ0v) is 25.5. The monoisotopic (exact) mass is 621 g/mol. The number of H-pyrrole nitrogens is 2. The maximum atomic E-state index is 13.8. The van der Waals surface area contributed by atoms with Crippen LogP contribution in [0, 0.1) is 12.8 Å². The third kappa shape index (κ3) is 6.07. The summed E-state index contributed by atoms with van der Waals surface area (Å²) < 4.78 is 7.75. The molecule has 1 atom stereocenters. The third-order valence-electron chi connectivity index (χ3n) is 6.31. The molecule has 0 radical (unpaired) electrons. The Morgan fingerprint density at radius 3 is 2.39 bits per heavy atom. The minimum atomic E-state index is -0.766. The van der Waals surface area contributed by atoms with E-state index in [1.165, 1.54) is 16.8 Å². The topological polar surface area (TPSA) is 139 Å². The maximum absolute atomic E-state index is 13.8. The van der Waals surface area contributed by atoms with Gasteiger partial charge >= 0.3 is 5.97 Å². The van der Waals surface area contributed by atoms with E-state index in [9.17, 15) is 14.4 Å². The predicted octanol–water partition coefficient (Wildman–Crippen LogP) is 5.31. The minimum absolute atomic E-state index is 0.0438. The lowest BCUT2D eigenvalue weighted by atomic mass is 10.00. The normalized spacial score (nSPS) is 12.2. The Bertz CT molecular complexity index is 1690. The quantitative estimate of drug-likeness (QED) is 0.205. The number of ether oxygens (including phenoxy) is 1. The van der Waals surface area contributed by atoms with Crippen LogP contribution in [0.4, 0.5) is 0 Å². The summed E-state index contributed by atoms with van der Waals surface area (Å²) in [6.45, 7) is 13.9. The van der Waals surface area contributed by atoms with Crippen LogP contribution in [0.25, 0.3) is 16.9 Å². The fraction of sp³-hybridized carbons (Fsp3) is 0.370. The van der Waals surface area contributed by atoms with Gasteiger partial charge in [0.1, 0.15) is 5.69 Å². The van der Waals surface area contributed by atoms with Gasteiger partial charge in [0.05, 0.1) is 22.2 Å². The number of hydrogen-bond acceptors (Lipinski definition) is 6. The Morgan fingerprint density at radius 2 is 1.78 bits per heavy atom. The van der Waals surface area contributed by atoms with E-state index in [1.807, 2.05) is 20.8 Å². The molecule has 14 heteroatoms. The molecule has 1 unspecified atom stereocenters. The molecule has 3 heterocycles. The highest BCUT2D eigenvalue weighted by atomic mass is 35.5. The van der Waals surface area contributed by atoms with E-state index in [0.29, 0.717) is 35.7 Å². The molecule has 0 bridgehead atoms. The van der Waals surface area contributed by atoms with Crippen molar-refractivity contribution < 1.29 is 14.3 Å². The number of aromatic nitrogens is 6. The van der Waals surface area contributed by atoms with Crippen molar-refractivity contribution in [3.63, 3.8) is 0 Å². The molecule has 3 N–H and O–H groups in total. The molecule has 4 aromatic rings. The average Bonchev–Trinajstić information content (AvgIpc) is 3.52. The van der Waals surface area contributed by atoms with Crippen molar-refractivity contribution in [2.75, 3.05) is 13.2 Å². The molecule has 0 saturated carbocycles. The molecular formula is C27H30Cl3N7O4. The average molecular weight is 623 g/mol. The summed E-state index contributed by atoms with van der Waals surface area (Å²) in [5, 5.41) is 13.8. The van der Waals surface area contributed by atoms with Gasteiger partial charge in [-0.3, -0.25) is 19.8 Å². The second-order valence-corrected chi connectivity index (χ2v) is 11.3. The summed E-state index contributed by atoms with van der Waals surface area (Å²) >= 11 is 18.8. The number of hydrogen-bond donors (Lipinski definition) is 3. The van der Waals surface area contributed by atoms with Gasteiger partial charge in [0, 0.05) is 35.2 Å². The first kappa shape index (κ1) is 30.4. The predicted molar refractivity (Wildman–Crippen MR) is 158 cm³/mol. The van der Waals surface area contributed by atoms with E-state index in [1.54, 1.807) is 13.8 Å². The van der Waals surface area contributed by atoms with Crippen molar-refractivity contribution in [1.82, 2.24) is 34.9 Å². The minimum Gasteiger partial charge on any atom is -0.461 e. The summed E-state index contributed by atoms with van der Waals surface area (Å²) in [6.07, 6.45) is 0.427. The number of nitrogens with one attached hydrogen (secondary N) is 3. The van der Waals surface area contributed by atoms with Gasteiger partial charge in [-0.05, 0) is 37.5 Å². The number of benzene rings is 1. The Labute approximate surface area is 250 Å². The van der Waals surface area contributed by atoms with Gasteiger partial charge in [0.2, 0.25) is 5.91 Å². The number of aryl methyl sites for hydroxylation is 1. The highest BCUT2D eigenvalue weighted by Gasteiger charge is 2.29. The summed E-state index contributed by atoms with van der Waals surface area (Å²) in [5.41, 5.74) is 0.977. The van der Waals surface area contributed by atoms with E-state index in [4.69, 9.17) is 39.5 Å². The molecule has 0 aliphatic rings. The number of esters is 1. The van der Waals surface area contributed by atoms with Crippen molar-refractivity contribution in [2.45, 2.75) is 47.0 Å². The fourth-order valence-electron chi connectivity index (χ4n) is 4.42. The lowest BCUT2D eigenvalue weighted by Gasteiger charge is -2.10. The molecule has 1 aromatic carbocycles. The Kier molecular flexibility index (Phi) is 9.00. The number of carbonyl (C=O) groups excluding carboxylic acids is 2. The molecule has 0 aliphatic carbocycles. The molecule has 11 nitrogen and oxygen atoms in total. The summed E-state index contributed by atoms with van der Waals surface area (Å²) in [4.78, 5) is 43.6. The first-order chi connectivity index (χ1) is 19.3. The molecule has 0 spiro atoms. The van der Waals surface area contributed by atoms with E-state index >= 15 is 0 Å². The van der Waals surface area contributed by atoms with Gasteiger partial charge in [-0.25, -0.2) is 14.5 Å². The van der Waals surface area contributed by atoms with E-state index in [2.05, 4.69) is 32.2 Å². The number of nitrogens with zero attached hydrogens (tertiary/aromatic N) is 4. The van der Waals surface area contributed by atoms with Crippen molar-refractivity contribution >= 4 is 57.9 Å². The second-order valence-electron chi connectivity index (χ2n) is 10.0. The van der Waals surface area contributed by atoms with Crippen LogP contribution in [-0.4, -0.2) is 54.6 Å². The van der Waals surface area contributed by atoms with Crippen molar-refractivity contribution in [1.29, 1.82) is 0 Å². The van der Waals surface area contributed by atoms with Crippen molar-refractivity contribution in [2.24, 2.45) is 5.92 Å². The maximum Gasteiger partial charge on any atom is 0.357 e. The molecule has 0 fully saturated rings. The molecule has 0 aliphatic heterocycles. The highest BCUT2D eigenvalue weighted by molar-refractivity contribution is 6.40. The third-order valence-corrected chi connectivity index (χ3v) is 7.11. The van der Waals surface area contributed by atoms with Gasteiger partial charge in [0.15, 0.2) is 17.2 Å². The van der Waals surface area contributed by atoms with Crippen LogP contribution in [0.2, 0.25) is 15.1 Å². The van der Waals surface area contributed by atoms with Gasteiger partial charge in [-0.15, -0.1) is 5.10 Å². The van der Waals surface area contributed by atoms with Crippen molar-refractivity contribution in [3.8, 4) is 5.69 Å². The number of fused-ring (bicyclic) bond motifs is 1. The molecule has 218 valence electrons. The van der Waals surface area contributed by atoms with Gasteiger partial charge < -0.3 is 10.1 Å². The fourth-order valence-corrected chi connectivity index (χ4v) is 5.41. The van der Waals surface area contributed by atoms with E-state index in [-0.39, 0.29) is 61.9 Å². The van der Waals surface area contributed by atoms with Crippen LogP contribution in [0.3, 0.4) is 0 Å². The zero-order valence-electron chi connectivity index (χ0n) is 23.2. The Balaban J connectivity index is 1.78. The zero-order chi connectivity index (χ0) is 30.2. The largest absolute Gasteiger partial charge is 0.461 e. The number of amides is 1. The first-order valence-electron chi connectivity index (χ1n) is 12.9. The molecule has 0 saturated heterocycles. The Morgan fingerprint density at radius 1 is 1.12 bits per heavy atom. The van der Waals surface area contributed by atoms with Crippen LogP contribution in [0.1, 0.15) is 73.2 Å². The van der Waals surface area contributed by atoms with E-state index in [0.717, 1.165) is 4.68 Å². The first-order valence-corrected chi connectivity index (χ1v) is 14.1. The number of carbonyl (C=O) groups is 2. The van der Waals surface area contributed by atoms with Crippen LogP contribution >= 0.6 is 34.8 Å². The second kappa shape index (κ2) is 12.1. The van der Waals surface area contributed by atoms with E-state index < -0.39 is 11.5 Å². The van der Waals surface area contributed by atoms with Crippen LogP contribution in [0.15, 0.2) is 23.5 Å². The van der Waals surface area contributed by atoms with Gasteiger partial charge in [-0.2, -0.15) is 4.63 Å². The van der Waals surface area contributed by atoms with Crippen LogP contribution < -0.4 is 10.9 Å².